The van der Waals surface area contributed by atoms with E-state index in [2.05, 4.69) is 74.7 Å². The number of nitrogens with one attached hydrogen (secondary N) is 14. The van der Waals surface area contributed by atoms with Crippen molar-refractivity contribution in [3.63, 3.8) is 0 Å². The van der Waals surface area contributed by atoms with Gasteiger partial charge in [0, 0.05) is 57.5 Å². The minimum atomic E-state index is -3.90. The van der Waals surface area contributed by atoms with Crippen molar-refractivity contribution in [1.29, 1.82) is 0 Å². The third-order valence-corrected chi connectivity index (χ3v) is 19.4. The molecule has 0 spiro atoms. The summed E-state index contributed by atoms with van der Waals surface area (Å²) < 4.78 is 46.1. The third-order valence-electron chi connectivity index (χ3n) is 16.7. The number of sulfonamides is 1. The number of non-ortho nitro benzene ring substituents is 1. The van der Waals surface area contributed by atoms with Gasteiger partial charge >= 0.3 is 6.03 Å². The lowest BCUT2D eigenvalue weighted by Gasteiger charge is -2.24. The average Bonchev–Trinajstić information content (AvgIpc) is 0.829. The minimum Gasteiger partial charge on any atom is -0.497 e. The van der Waals surface area contributed by atoms with Gasteiger partial charge in [0.15, 0.2) is 35.1 Å². The highest BCUT2D eigenvalue weighted by atomic mass is 32.2. The summed E-state index contributed by atoms with van der Waals surface area (Å²) in [5.74, 6) is 1.88. The van der Waals surface area contributed by atoms with Crippen LogP contribution in [0.4, 0.5) is 27.5 Å². The molecule has 1 aliphatic carbocycles. The summed E-state index contributed by atoms with van der Waals surface area (Å²) in [6.45, 7) is 1.82. The van der Waals surface area contributed by atoms with E-state index in [1.165, 1.54) is 55.7 Å². The quantitative estimate of drug-likeness (QED) is 0.0257. The number of rotatable bonds is 15. The number of hydrogen-bond donors (Lipinski definition) is 15. The molecular weight excluding hydrogens is 1740 g/mol. The van der Waals surface area contributed by atoms with Crippen molar-refractivity contribution in [2.75, 3.05) is 44.4 Å². The fraction of sp³-hybridized carbons (Fsp3) is 0.129. The summed E-state index contributed by atoms with van der Waals surface area (Å²) in [7, 11) is 2.47. The molecule has 0 saturated heterocycles. The predicted octanol–water partition coefficient (Wildman–Crippen LogP) is 14.4. The van der Waals surface area contributed by atoms with Gasteiger partial charge in [0.2, 0.25) is 0 Å². The van der Waals surface area contributed by atoms with Crippen LogP contribution in [0.5, 0.6) is 23.0 Å². The lowest BCUT2D eigenvalue weighted by molar-refractivity contribution is -0.384. The van der Waals surface area contributed by atoms with Gasteiger partial charge in [-0.05, 0) is 275 Å². The Morgan fingerprint density at radius 1 is 0.419 bits per heavy atom. The van der Waals surface area contributed by atoms with Crippen LogP contribution in [-0.4, -0.2) is 123 Å². The predicted molar refractivity (Wildman–Crippen MR) is 505 cm³/mol. The molecule has 16 N–H and O–H groups in total. The van der Waals surface area contributed by atoms with Crippen molar-refractivity contribution in [1.82, 2.24) is 56.6 Å². The molecule has 12 aromatic rings. The SMILES string of the molecule is COc1ccc(C(=O)NC(=S)NC2CCCCC2)cc1.COc1ccc(NC(=S)NC(=O)c2ccc(OC)cc2)cc1.COc1ccc(NC(=S)NC(=O)c2ccccc2)cc1.Cc1ccc(S(=O)(=O)NC(=O)NC(N)=S)cc1.O=C(NC(=S)Nc1ccc([N+](=O)[O-])cc1)c1ccccc1.O=c1[nH]c(=S)[nH]c2ccccc12.O=c1[nH]c(=S)[nH]c2ccccc12. The molecule has 1 saturated carbocycles. The molecule has 10 aromatic carbocycles. The average molecular weight is 1830 g/mol. The molecule has 0 bridgehead atoms. The molecule has 0 atom stereocenters. The van der Waals surface area contributed by atoms with Gasteiger partial charge in [0.05, 0.1) is 60.1 Å². The summed E-state index contributed by atoms with van der Waals surface area (Å²) in [6.07, 6.45) is 6.00. The van der Waals surface area contributed by atoms with E-state index in [1.54, 1.807) is 167 Å². The Hall–Kier alpha value is -13.9. The fourth-order valence-corrected chi connectivity index (χ4v) is 12.9. The number of para-hydroxylation sites is 2. The Labute approximate surface area is 748 Å². The van der Waals surface area contributed by atoms with Gasteiger partial charge in [0.1, 0.15) is 23.0 Å². The van der Waals surface area contributed by atoms with Crippen LogP contribution in [0.2, 0.25) is 0 Å². The van der Waals surface area contributed by atoms with Crippen LogP contribution in [-0.2, 0) is 10.0 Å². The number of aryl methyl sites for hydroxylation is 1. The van der Waals surface area contributed by atoms with Gasteiger partial charge in [-0.15, -0.1) is 0 Å². The number of nitrogens with zero attached hydrogens (tertiary/aromatic N) is 1. The van der Waals surface area contributed by atoms with Crippen molar-refractivity contribution in [2.24, 2.45) is 5.73 Å². The lowest BCUT2D eigenvalue weighted by Crippen LogP contribution is -2.44. The maximum Gasteiger partial charge on any atom is 0.334 e. The molecular formula is C85H84N16O15S8. The van der Waals surface area contributed by atoms with E-state index in [0.29, 0.717) is 65.2 Å². The zero-order valence-electron chi connectivity index (χ0n) is 66.8. The van der Waals surface area contributed by atoms with Crippen LogP contribution >= 0.6 is 85.5 Å². The van der Waals surface area contributed by atoms with E-state index in [0.717, 1.165) is 58.1 Å². The molecule has 2 aromatic heterocycles. The summed E-state index contributed by atoms with van der Waals surface area (Å²) >= 11 is 34.5. The molecule has 642 valence electrons. The van der Waals surface area contributed by atoms with Crippen LogP contribution in [0.3, 0.4) is 0 Å². The molecule has 2 heterocycles. The fourth-order valence-electron chi connectivity index (χ4n) is 10.6. The Kier molecular flexibility index (Phi) is 39.5. The van der Waals surface area contributed by atoms with E-state index in [4.69, 9.17) is 98.0 Å². The monoisotopic (exact) mass is 1820 g/mol. The van der Waals surface area contributed by atoms with Gasteiger partial charge < -0.3 is 55.9 Å². The van der Waals surface area contributed by atoms with Crippen LogP contribution < -0.4 is 88.4 Å². The van der Waals surface area contributed by atoms with E-state index in [9.17, 15) is 52.1 Å². The number of thiocarbonyl (C=S) groups is 5. The van der Waals surface area contributed by atoms with Crippen molar-refractivity contribution >= 4 is 195 Å². The van der Waals surface area contributed by atoms with Crippen molar-refractivity contribution in [3.8, 4) is 23.0 Å². The van der Waals surface area contributed by atoms with E-state index in [1.807, 2.05) is 97.2 Å². The third kappa shape index (κ3) is 33.9. The van der Waals surface area contributed by atoms with Crippen molar-refractivity contribution < 1.29 is 56.3 Å². The van der Waals surface area contributed by atoms with Gasteiger partial charge in [-0.1, -0.05) is 97.6 Å². The van der Waals surface area contributed by atoms with Crippen LogP contribution in [0, 0.1) is 26.6 Å². The topological polar surface area (TPSA) is 443 Å². The molecule has 124 heavy (non-hydrogen) atoms. The largest absolute Gasteiger partial charge is 0.497 e. The number of nitro groups is 1. The zero-order valence-corrected chi connectivity index (χ0v) is 73.3. The first-order valence-electron chi connectivity index (χ1n) is 36.9. The first kappa shape index (κ1) is 97.2. The normalized spacial score (nSPS) is 10.9. The summed E-state index contributed by atoms with van der Waals surface area (Å²) in [4.78, 5) is 102. The second-order valence-corrected chi connectivity index (χ2v) is 30.2. The van der Waals surface area contributed by atoms with Gasteiger partial charge in [0.25, 0.3) is 50.5 Å². The Morgan fingerprint density at radius 2 is 0.742 bits per heavy atom. The van der Waals surface area contributed by atoms with Crippen LogP contribution in [0.25, 0.3) is 21.8 Å². The van der Waals surface area contributed by atoms with Crippen LogP contribution in [0.15, 0.2) is 269 Å². The summed E-state index contributed by atoms with van der Waals surface area (Å²) in [5, 5.41) is 36.8. The number of anilines is 3. The highest BCUT2D eigenvalue weighted by Crippen LogP contribution is 2.21. The minimum absolute atomic E-state index is 0.0128. The standard InChI is InChI=1S/C16H16N2O3S.C15H20N2O2S.C15H14N2O2S.C14H11N3O3S.C9H11N3O3S2.2C8H6N2OS/c1-20-13-7-3-11(4-8-13)15(19)18-16(22)17-12-5-9-14(21-2)10-6-12;1-19-13-9-7-11(8-10-13)14(18)17-15(20)16-12-5-3-2-4-6-12;1-19-13-9-7-12(8-10-13)16-15(20)17-14(18)11-5-3-2-4-6-11;18-13(10-4-2-1-3-5-10)16-14(21)15-11-6-8-12(9-7-11)17(19)20;1-6-2-4-7(5-3-6)17(14,15)12-9(13)11-8(10)16;2*11-7-5-3-1-2-4-6(5)9-8(12)10-7/h3-10H,1-2H3,(H2,17,18,19,22);7-10,12H,2-6H2,1H3,(H2,16,17,18,20);2-10H,1H3,(H2,16,17,18,20);1-9H,(H2,15,16,18,21);2-5H,1H3,(H4,10,11,12,13,16);2*1-4H,(H2,9,10,11,12). The number of hydrogen-bond acceptors (Lipinski definition) is 22. The number of carbonyl (C=O) groups is 5. The Balaban J connectivity index is 0.000000201. The number of aromatic amines is 4. The Bertz CT molecular complexity index is 5960. The molecule has 39 heteroatoms. The number of fused-ring (bicyclic) bond motifs is 2. The molecule has 1 fully saturated rings. The Morgan fingerprint density at radius 3 is 1.09 bits per heavy atom. The number of urea groups is 1. The summed E-state index contributed by atoms with van der Waals surface area (Å²) in [5.41, 5.74) is 11.4. The molecule has 0 unspecified atom stereocenters. The lowest BCUT2D eigenvalue weighted by atomic mass is 9.96. The van der Waals surface area contributed by atoms with Gasteiger partial charge in [-0.2, -0.15) is 0 Å². The molecule has 0 aliphatic heterocycles. The highest BCUT2D eigenvalue weighted by molar-refractivity contribution is 7.90. The number of nitro benzene ring substituents is 1. The van der Waals surface area contributed by atoms with Gasteiger partial charge in [-0.3, -0.25) is 75.4 Å². The number of methoxy groups -OCH3 is 4. The molecule has 13 rings (SSSR count). The van der Waals surface area contributed by atoms with E-state index in [-0.39, 0.29) is 65.8 Å². The number of carbonyl (C=O) groups excluding carboxylic acids is 5. The number of ether oxygens (including phenoxy) is 4. The summed E-state index contributed by atoms with van der Waals surface area (Å²) in [6, 6.07) is 71.4. The van der Waals surface area contributed by atoms with E-state index < -0.39 is 21.0 Å². The molecule has 6 amide bonds. The van der Waals surface area contributed by atoms with Gasteiger partial charge in [-0.25, -0.2) is 17.9 Å². The number of aromatic nitrogens is 4. The maximum absolute atomic E-state index is 12.0. The van der Waals surface area contributed by atoms with E-state index >= 15 is 0 Å². The number of nitrogens with two attached hydrogens (primary N) is 1. The first-order valence-corrected chi connectivity index (χ1v) is 41.3. The second kappa shape index (κ2) is 50.3. The number of H-pyrrole nitrogens is 4. The van der Waals surface area contributed by atoms with Crippen LogP contribution in [0.1, 0.15) is 79.1 Å². The zero-order chi connectivity index (χ0) is 90.1. The van der Waals surface area contributed by atoms with Crippen molar-refractivity contribution in [2.45, 2.75) is 50.0 Å². The second-order valence-electron chi connectivity index (χ2n) is 25.6. The molecule has 0 radical (unpaired) electrons. The maximum atomic E-state index is 12.0. The molecule has 31 nitrogen and oxygen atoms in total. The van der Waals surface area contributed by atoms with Crippen molar-refractivity contribution in [3.05, 3.63) is 323 Å². The highest BCUT2D eigenvalue weighted by Gasteiger charge is 2.19. The first-order chi connectivity index (χ1) is 59.4. The molecule has 1 aliphatic rings. The number of amides is 6. The number of benzene rings is 10. The smallest absolute Gasteiger partial charge is 0.334 e.